The van der Waals surface area contributed by atoms with Gasteiger partial charge < -0.3 is 5.32 Å². The van der Waals surface area contributed by atoms with Gasteiger partial charge in [-0.2, -0.15) is 0 Å². The van der Waals surface area contributed by atoms with Crippen LogP contribution in [0.3, 0.4) is 0 Å². The van der Waals surface area contributed by atoms with Crippen molar-refractivity contribution in [1.29, 1.82) is 0 Å². The van der Waals surface area contributed by atoms with Crippen molar-refractivity contribution in [2.24, 2.45) is 5.92 Å². The molecule has 1 unspecified atom stereocenters. The van der Waals surface area contributed by atoms with Crippen LogP contribution in [0.2, 0.25) is 0 Å². The molecule has 2 aromatic carbocycles. The molecule has 0 fully saturated rings. The number of halogens is 2. The first kappa shape index (κ1) is 20.8. The van der Waals surface area contributed by atoms with E-state index in [1.165, 1.54) is 35.6 Å². The molecule has 0 aliphatic carbocycles. The highest BCUT2D eigenvalue weighted by Gasteiger charge is 2.27. The quantitative estimate of drug-likeness (QED) is 0.500. The van der Waals surface area contributed by atoms with Crippen molar-refractivity contribution >= 4 is 48.1 Å². The summed E-state index contributed by atoms with van der Waals surface area (Å²) in [7, 11) is -3.72. The maximum atomic E-state index is 13.0. The Hall–Kier alpha value is -1.88. The van der Waals surface area contributed by atoms with Gasteiger partial charge >= 0.3 is 0 Å². The fraction of sp³-hybridized carbons (Fsp3) is 0.222. The van der Waals surface area contributed by atoms with E-state index in [1.54, 1.807) is 24.3 Å². The first-order valence-corrected chi connectivity index (χ1v) is 11.5. The SMILES string of the molecule is CC(C)C(NS(=O)(=O)c1ccc(Br)cc1)c1nnc(Nc2ccc(F)cc2)s1. The highest BCUT2D eigenvalue weighted by molar-refractivity contribution is 9.10. The van der Waals surface area contributed by atoms with Gasteiger partial charge in [-0.05, 0) is 54.4 Å². The Labute approximate surface area is 175 Å². The molecule has 2 N–H and O–H groups in total. The van der Waals surface area contributed by atoms with Crippen molar-refractivity contribution in [3.8, 4) is 0 Å². The Morgan fingerprint density at radius 3 is 2.29 bits per heavy atom. The summed E-state index contributed by atoms with van der Waals surface area (Å²) in [5, 5.41) is 12.3. The van der Waals surface area contributed by atoms with E-state index in [4.69, 9.17) is 0 Å². The molecular weight excluding hydrogens is 467 g/mol. The van der Waals surface area contributed by atoms with E-state index in [0.29, 0.717) is 15.8 Å². The van der Waals surface area contributed by atoms with Crippen LogP contribution < -0.4 is 10.0 Å². The number of benzene rings is 2. The summed E-state index contributed by atoms with van der Waals surface area (Å²) < 4.78 is 42.0. The van der Waals surface area contributed by atoms with E-state index in [1.807, 2.05) is 13.8 Å². The van der Waals surface area contributed by atoms with Crippen molar-refractivity contribution in [3.63, 3.8) is 0 Å². The number of anilines is 2. The zero-order valence-corrected chi connectivity index (χ0v) is 18.3. The maximum absolute atomic E-state index is 13.0. The Balaban J connectivity index is 1.80. The predicted molar refractivity (Wildman–Crippen MR) is 112 cm³/mol. The summed E-state index contributed by atoms with van der Waals surface area (Å²) in [6, 6.07) is 11.7. The monoisotopic (exact) mass is 484 g/mol. The van der Waals surface area contributed by atoms with Crippen LogP contribution in [0.25, 0.3) is 0 Å². The molecule has 0 aliphatic rings. The number of hydrogen-bond acceptors (Lipinski definition) is 6. The van der Waals surface area contributed by atoms with Crippen LogP contribution in [0.1, 0.15) is 24.9 Å². The van der Waals surface area contributed by atoms with Crippen LogP contribution in [0.5, 0.6) is 0 Å². The fourth-order valence-electron chi connectivity index (χ4n) is 2.39. The molecule has 28 heavy (non-hydrogen) atoms. The van der Waals surface area contributed by atoms with Crippen LogP contribution in [-0.2, 0) is 10.0 Å². The summed E-state index contributed by atoms with van der Waals surface area (Å²) >= 11 is 4.54. The lowest BCUT2D eigenvalue weighted by atomic mass is 10.1. The second-order valence-corrected chi connectivity index (χ2v) is 10.0. The van der Waals surface area contributed by atoms with Crippen molar-refractivity contribution in [3.05, 3.63) is 63.8 Å². The standard InChI is InChI=1S/C18H18BrFN4O2S2/c1-11(2)16(24-28(25,26)15-9-3-12(19)4-10-15)17-22-23-18(27-17)21-14-7-5-13(20)6-8-14/h3-11,16,24H,1-2H3,(H,21,23). The number of sulfonamides is 1. The van der Waals surface area contributed by atoms with E-state index >= 15 is 0 Å². The summed E-state index contributed by atoms with van der Waals surface area (Å²) in [5.74, 6) is -0.373. The van der Waals surface area contributed by atoms with E-state index in [-0.39, 0.29) is 16.6 Å². The lowest BCUT2D eigenvalue weighted by Crippen LogP contribution is -2.31. The first-order chi connectivity index (χ1) is 13.2. The van der Waals surface area contributed by atoms with Gasteiger partial charge in [0.1, 0.15) is 10.8 Å². The minimum atomic E-state index is -3.72. The molecule has 6 nitrogen and oxygen atoms in total. The van der Waals surface area contributed by atoms with Crippen LogP contribution in [0.15, 0.2) is 57.9 Å². The molecule has 10 heteroatoms. The van der Waals surface area contributed by atoms with Crippen molar-refractivity contribution in [2.75, 3.05) is 5.32 Å². The smallest absolute Gasteiger partial charge is 0.241 e. The second-order valence-electron chi connectivity index (χ2n) is 6.37. The van der Waals surface area contributed by atoms with E-state index in [2.05, 4.69) is 36.2 Å². The fourth-order valence-corrected chi connectivity index (χ4v) is 5.06. The number of nitrogens with zero attached hydrogens (tertiary/aromatic N) is 2. The van der Waals surface area contributed by atoms with Gasteiger partial charge in [0.05, 0.1) is 10.9 Å². The van der Waals surface area contributed by atoms with Gasteiger partial charge in [0, 0.05) is 10.2 Å². The summed E-state index contributed by atoms with van der Waals surface area (Å²) in [6.45, 7) is 3.81. The number of nitrogens with one attached hydrogen (secondary N) is 2. The predicted octanol–water partition coefficient (Wildman–Crippen LogP) is 4.86. The summed E-state index contributed by atoms with van der Waals surface area (Å²) in [6.07, 6.45) is 0. The zero-order chi connectivity index (χ0) is 20.3. The van der Waals surface area contributed by atoms with Crippen LogP contribution >= 0.6 is 27.3 Å². The molecule has 0 aliphatic heterocycles. The topological polar surface area (TPSA) is 84.0 Å². The number of aromatic nitrogens is 2. The van der Waals surface area contributed by atoms with Gasteiger partial charge in [0.25, 0.3) is 0 Å². The molecule has 0 saturated heterocycles. The maximum Gasteiger partial charge on any atom is 0.241 e. The highest BCUT2D eigenvalue weighted by atomic mass is 79.9. The van der Waals surface area contributed by atoms with Crippen LogP contribution in [0, 0.1) is 11.7 Å². The third-order valence-electron chi connectivity index (χ3n) is 3.87. The minimum Gasteiger partial charge on any atom is -0.330 e. The van der Waals surface area contributed by atoms with Gasteiger partial charge in [-0.1, -0.05) is 41.1 Å². The molecule has 3 aromatic rings. The Bertz CT molecular complexity index is 1040. The first-order valence-electron chi connectivity index (χ1n) is 8.38. The van der Waals surface area contributed by atoms with Gasteiger partial charge in [0.15, 0.2) is 0 Å². The van der Waals surface area contributed by atoms with Gasteiger partial charge in [-0.15, -0.1) is 10.2 Å². The summed E-state index contributed by atoms with van der Waals surface area (Å²) in [5.41, 5.74) is 0.667. The molecule has 0 saturated carbocycles. The molecule has 1 aromatic heterocycles. The average Bonchev–Trinajstić information content (AvgIpc) is 3.10. The van der Waals surface area contributed by atoms with Crippen molar-refractivity contribution in [2.45, 2.75) is 24.8 Å². The number of rotatable bonds is 7. The van der Waals surface area contributed by atoms with E-state index in [0.717, 1.165) is 4.47 Å². The molecular formula is C18H18BrFN4O2S2. The molecule has 1 atom stereocenters. The number of hydrogen-bond donors (Lipinski definition) is 2. The lowest BCUT2D eigenvalue weighted by Gasteiger charge is -2.19. The second kappa shape index (κ2) is 8.64. The largest absolute Gasteiger partial charge is 0.330 e. The molecule has 3 rings (SSSR count). The zero-order valence-electron chi connectivity index (χ0n) is 15.1. The Morgan fingerprint density at radius 1 is 1.04 bits per heavy atom. The Kier molecular flexibility index (Phi) is 6.43. The molecule has 0 radical (unpaired) electrons. The van der Waals surface area contributed by atoms with Crippen LogP contribution in [0.4, 0.5) is 15.2 Å². The Morgan fingerprint density at radius 2 is 1.68 bits per heavy atom. The average molecular weight is 485 g/mol. The van der Waals surface area contributed by atoms with Crippen molar-refractivity contribution in [1.82, 2.24) is 14.9 Å². The van der Waals surface area contributed by atoms with Crippen LogP contribution in [-0.4, -0.2) is 18.6 Å². The minimum absolute atomic E-state index is 0.0446. The van der Waals surface area contributed by atoms with E-state index < -0.39 is 16.1 Å². The molecule has 0 amide bonds. The highest BCUT2D eigenvalue weighted by Crippen LogP contribution is 2.30. The van der Waals surface area contributed by atoms with Gasteiger partial charge in [-0.3, -0.25) is 0 Å². The molecule has 0 spiro atoms. The normalized spacial score (nSPS) is 12.9. The van der Waals surface area contributed by atoms with E-state index in [9.17, 15) is 12.8 Å². The molecule has 1 heterocycles. The van der Waals surface area contributed by atoms with Crippen molar-refractivity contribution < 1.29 is 12.8 Å². The summed E-state index contributed by atoms with van der Waals surface area (Å²) in [4.78, 5) is 0.176. The third kappa shape index (κ3) is 5.13. The molecule has 0 bridgehead atoms. The molecule has 148 valence electrons. The third-order valence-corrected chi connectivity index (χ3v) is 6.78. The lowest BCUT2D eigenvalue weighted by molar-refractivity contribution is 0.459. The van der Waals surface area contributed by atoms with Gasteiger partial charge in [0.2, 0.25) is 15.2 Å². The van der Waals surface area contributed by atoms with Gasteiger partial charge in [-0.25, -0.2) is 17.5 Å².